The number of allylic oxidation sites excluding steroid dienone is 1. The van der Waals surface area contributed by atoms with Crippen LogP contribution in [0, 0.1) is 0 Å². The molecule has 34 heavy (non-hydrogen) atoms. The molecule has 1 amide bonds. The van der Waals surface area contributed by atoms with Crippen LogP contribution in [0.3, 0.4) is 0 Å². The van der Waals surface area contributed by atoms with Crippen molar-refractivity contribution in [3.05, 3.63) is 100 Å². The third-order valence-electron chi connectivity index (χ3n) is 5.66. The van der Waals surface area contributed by atoms with Crippen LogP contribution in [0.4, 0.5) is 11.6 Å². The predicted molar refractivity (Wildman–Crippen MR) is 136 cm³/mol. The molecule has 0 fully saturated rings. The summed E-state index contributed by atoms with van der Waals surface area (Å²) in [6.07, 6.45) is 0. The van der Waals surface area contributed by atoms with Gasteiger partial charge >= 0.3 is 0 Å². The largest absolute Gasteiger partial charge is 0.496 e. The molecular weight excluding hydrogens is 494 g/mol. The van der Waals surface area contributed by atoms with Gasteiger partial charge in [0, 0.05) is 15.9 Å². The number of nitrogens with zero attached hydrogens (tertiary/aromatic N) is 3. The number of fused-ring (bicyclic) bond motifs is 1. The number of nitrogens with one attached hydrogen (secondary N) is 2. The molecule has 0 saturated carbocycles. The van der Waals surface area contributed by atoms with Gasteiger partial charge in [0.2, 0.25) is 5.95 Å². The van der Waals surface area contributed by atoms with Crippen LogP contribution in [0.5, 0.6) is 5.75 Å². The lowest BCUT2D eigenvalue weighted by Crippen LogP contribution is -2.31. The van der Waals surface area contributed by atoms with E-state index >= 15 is 0 Å². The van der Waals surface area contributed by atoms with E-state index in [2.05, 4.69) is 26.6 Å². The lowest BCUT2D eigenvalue weighted by atomic mass is 9.95. The summed E-state index contributed by atoms with van der Waals surface area (Å²) >= 11 is 3.50. The number of anilines is 2. The average molecular weight is 516 g/mol. The molecule has 170 valence electrons. The molecule has 0 bridgehead atoms. The van der Waals surface area contributed by atoms with E-state index in [1.165, 1.54) is 0 Å². The van der Waals surface area contributed by atoms with E-state index in [9.17, 15) is 4.79 Å². The molecular formula is C26H22BrN5O2. The van der Waals surface area contributed by atoms with E-state index in [4.69, 9.17) is 14.8 Å². The molecule has 3 aromatic carbocycles. The lowest BCUT2D eigenvalue weighted by molar-refractivity contribution is -0.113. The summed E-state index contributed by atoms with van der Waals surface area (Å²) in [5.74, 6) is 1.55. The first kappa shape index (κ1) is 21.9. The maximum atomic E-state index is 13.5. The molecule has 0 aliphatic carbocycles. The fraction of sp³-hybridized carbons (Fsp3) is 0.115. The van der Waals surface area contributed by atoms with Crippen LogP contribution in [0.2, 0.25) is 0 Å². The van der Waals surface area contributed by atoms with E-state index in [1.807, 2.05) is 85.8 Å². The Kier molecular flexibility index (Phi) is 5.90. The third kappa shape index (κ3) is 4.08. The maximum absolute atomic E-state index is 13.5. The van der Waals surface area contributed by atoms with Crippen LogP contribution < -0.4 is 15.4 Å². The zero-order valence-corrected chi connectivity index (χ0v) is 20.2. The number of carbonyl (C=O) groups is 1. The van der Waals surface area contributed by atoms with Crippen LogP contribution in [-0.4, -0.2) is 27.8 Å². The summed E-state index contributed by atoms with van der Waals surface area (Å²) in [6.45, 7) is 1.88. The summed E-state index contributed by atoms with van der Waals surface area (Å²) in [5.41, 5.74) is 3.70. The Morgan fingerprint density at radius 2 is 1.74 bits per heavy atom. The molecule has 5 rings (SSSR count). The van der Waals surface area contributed by atoms with Crippen molar-refractivity contribution in [3.8, 4) is 17.1 Å². The first-order chi connectivity index (χ1) is 16.5. The molecule has 8 heteroatoms. The average Bonchev–Trinajstić information content (AvgIpc) is 3.27. The summed E-state index contributed by atoms with van der Waals surface area (Å²) in [6, 6.07) is 24.4. The minimum Gasteiger partial charge on any atom is -0.496 e. The van der Waals surface area contributed by atoms with Gasteiger partial charge in [-0.2, -0.15) is 4.98 Å². The van der Waals surface area contributed by atoms with Gasteiger partial charge in [0.15, 0.2) is 5.82 Å². The number of methoxy groups -OCH3 is 1. The van der Waals surface area contributed by atoms with Gasteiger partial charge in [-0.25, -0.2) is 4.68 Å². The number of rotatable bonds is 5. The van der Waals surface area contributed by atoms with Crippen molar-refractivity contribution in [2.45, 2.75) is 13.0 Å². The Hall–Kier alpha value is -3.91. The fourth-order valence-electron chi connectivity index (χ4n) is 4.06. The fourth-order valence-corrected chi connectivity index (χ4v) is 4.33. The number of ether oxygens (including phenoxy) is 1. The zero-order valence-electron chi connectivity index (χ0n) is 18.6. The highest BCUT2D eigenvalue weighted by molar-refractivity contribution is 9.10. The minimum atomic E-state index is -0.469. The normalized spacial score (nSPS) is 14.9. The maximum Gasteiger partial charge on any atom is 0.255 e. The number of benzene rings is 3. The Bertz CT molecular complexity index is 1380. The highest BCUT2D eigenvalue weighted by Crippen LogP contribution is 2.38. The number of halogens is 1. The summed E-state index contributed by atoms with van der Waals surface area (Å²) in [5, 5.41) is 11.1. The molecule has 0 spiro atoms. The number of hydrogen-bond acceptors (Lipinski definition) is 5. The van der Waals surface area contributed by atoms with Gasteiger partial charge in [-0.3, -0.25) is 4.79 Å². The standard InChI is InChI=1S/C26H22BrN5O2/c1-16-22(25(33)29-19-8-4-3-5-9-19)23(17-12-14-18(27)15-13-17)32-26(28-16)30-24(31-32)20-10-6-7-11-21(20)34-2/h3-15,23H,1-2H3,(H,29,33)(H,28,30,31). The molecule has 0 saturated heterocycles. The van der Waals surface area contributed by atoms with Crippen molar-refractivity contribution in [2.24, 2.45) is 0 Å². The second-order valence-electron chi connectivity index (χ2n) is 7.84. The van der Waals surface area contributed by atoms with Crippen molar-refractivity contribution < 1.29 is 9.53 Å². The smallest absolute Gasteiger partial charge is 0.255 e. The molecule has 0 radical (unpaired) electrons. The first-order valence-electron chi connectivity index (χ1n) is 10.7. The molecule has 2 N–H and O–H groups in total. The number of hydrogen-bond donors (Lipinski definition) is 2. The molecule has 1 aliphatic heterocycles. The molecule has 4 aromatic rings. The van der Waals surface area contributed by atoms with Gasteiger partial charge in [0.1, 0.15) is 11.8 Å². The van der Waals surface area contributed by atoms with Crippen molar-refractivity contribution in [3.63, 3.8) is 0 Å². The van der Waals surface area contributed by atoms with Gasteiger partial charge in [-0.05, 0) is 48.9 Å². The van der Waals surface area contributed by atoms with Crippen LogP contribution in [-0.2, 0) is 4.79 Å². The monoisotopic (exact) mass is 515 g/mol. The molecule has 1 aromatic heterocycles. The molecule has 1 unspecified atom stereocenters. The number of para-hydroxylation sites is 2. The first-order valence-corrected chi connectivity index (χ1v) is 11.5. The van der Waals surface area contributed by atoms with E-state index in [0.29, 0.717) is 28.8 Å². The highest BCUT2D eigenvalue weighted by atomic mass is 79.9. The molecule has 7 nitrogen and oxygen atoms in total. The second kappa shape index (κ2) is 9.15. The van der Waals surface area contributed by atoms with Crippen LogP contribution >= 0.6 is 15.9 Å². The quantitative estimate of drug-likeness (QED) is 0.359. The third-order valence-corrected chi connectivity index (χ3v) is 6.19. The zero-order chi connectivity index (χ0) is 23.7. The topological polar surface area (TPSA) is 81.1 Å². The van der Waals surface area contributed by atoms with Gasteiger partial charge in [-0.15, -0.1) is 5.10 Å². The number of carbonyl (C=O) groups excluding carboxylic acids is 1. The number of amides is 1. The highest BCUT2D eigenvalue weighted by Gasteiger charge is 2.34. The molecule has 1 aliphatic rings. The minimum absolute atomic E-state index is 0.205. The van der Waals surface area contributed by atoms with E-state index in [0.717, 1.165) is 21.3 Å². The summed E-state index contributed by atoms with van der Waals surface area (Å²) in [7, 11) is 1.62. The van der Waals surface area contributed by atoms with E-state index in [-0.39, 0.29) is 5.91 Å². The molecule has 1 atom stereocenters. The number of aromatic nitrogens is 3. The Balaban J connectivity index is 1.62. The Labute approximate surface area is 205 Å². The lowest BCUT2D eigenvalue weighted by Gasteiger charge is -2.28. The predicted octanol–water partition coefficient (Wildman–Crippen LogP) is 5.64. The van der Waals surface area contributed by atoms with Crippen molar-refractivity contribution in [2.75, 3.05) is 17.7 Å². The Morgan fingerprint density at radius 3 is 2.47 bits per heavy atom. The van der Waals surface area contributed by atoms with E-state index < -0.39 is 6.04 Å². The van der Waals surface area contributed by atoms with Crippen LogP contribution in [0.15, 0.2) is 94.6 Å². The second-order valence-corrected chi connectivity index (χ2v) is 8.76. The Morgan fingerprint density at radius 1 is 1.03 bits per heavy atom. The SMILES string of the molecule is COc1ccccc1-c1nc2n(n1)C(c1ccc(Br)cc1)C(C(=O)Nc1ccccc1)=C(C)N2. The van der Waals surface area contributed by atoms with Gasteiger partial charge in [-0.1, -0.05) is 58.4 Å². The summed E-state index contributed by atoms with van der Waals surface area (Å²) < 4.78 is 8.23. The van der Waals surface area contributed by atoms with Crippen LogP contribution in [0.1, 0.15) is 18.5 Å². The van der Waals surface area contributed by atoms with Crippen molar-refractivity contribution >= 4 is 33.5 Å². The van der Waals surface area contributed by atoms with Gasteiger partial charge < -0.3 is 15.4 Å². The molecule has 2 heterocycles. The van der Waals surface area contributed by atoms with Gasteiger partial charge in [0.25, 0.3) is 5.91 Å². The van der Waals surface area contributed by atoms with Crippen molar-refractivity contribution in [1.82, 2.24) is 14.8 Å². The van der Waals surface area contributed by atoms with Crippen LogP contribution in [0.25, 0.3) is 11.4 Å². The summed E-state index contributed by atoms with van der Waals surface area (Å²) in [4.78, 5) is 18.3. The van der Waals surface area contributed by atoms with Crippen molar-refractivity contribution in [1.29, 1.82) is 0 Å². The van der Waals surface area contributed by atoms with Gasteiger partial charge in [0.05, 0.1) is 18.2 Å². The van der Waals surface area contributed by atoms with E-state index in [1.54, 1.807) is 11.8 Å².